The van der Waals surface area contributed by atoms with Gasteiger partial charge in [0.05, 0.1) is 0 Å². The summed E-state index contributed by atoms with van der Waals surface area (Å²) in [5.74, 6) is -3.10. The Balaban J connectivity index is 1.35. The Morgan fingerprint density at radius 2 is 1.52 bits per heavy atom. The summed E-state index contributed by atoms with van der Waals surface area (Å²) in [7, 11) is 0. The van der Waals surface area contributed by atoms with E-state index in [0.29, 0.717) is 12.8 Å². The molecule has 0 unspecified atom stereocenters. The number of ether oxygens (including phenoxy) is 2. The number of fused-ring (bicyclic) bond motifs is 3. The van der Waals surface area contributed by atoms with Crippen LogP contribution < -0.4 is 5.32 Å². The molecule has 0 aromatic heterocycles. The molecule has 2 aliphatic rings. The number of esters is 1. The molecule has 2 atom stereocenters. The molecule has 1 heterocycles. The Morgan fingerprint density at radius 1 is 0.929 bits per heavy atom. The van der Waals surface area contributed by atoms with Crippen LogP contribution in [0.2, 0.25) is 0 Å². The quantitative estimate of drug-likeness (QED) is 0.362. The van der Waals surface area contributed by atoms with E-state index in [-0.39, 0.29) is 24.6 Å². The lowest BCUT2D eigenvalue weighted by Gasteiger charge is -2.30. The summed E-state index contributed by atoms with van der Waals surface area (Å²) < 4.78 is 40.4. The van der Waals surface area contributed by atoms with Crippen LogP contribution in [0, 0.1) is 11.6 Å². The average molecular weight is 577 g/mol. The molecule has 1 aliphatic carbocycles. The topological polar surface area (TPSA) is 84.9 Å². The van der Waals surface area contributed by atoms with E-state index >= 15 is 0 Å². The second kappa shape index (κ2) is 11.9. The molecule has 220 valence electrons. The highest BCUT2D eigenvalue weighted by molar-refractivity contribution is 5.90. The first-order valence-electron chi connectivity index (χ1n) is 14.1. The molecular weight excluding hydrogens is 542 g/mol. The molecule has 42 heavy (non-hydrogen) atoms. The number of halogens is 2. The van der Waals surface area contributed by atoms with Gasteiger partial charge in [-0.1, -0.05) is 54.6 Å². The summed E-state index contributed by atoms with van der Waals surface area (Å²) in [6.45, 7) is 5.43. The van der Waals surface area contributed by atoms with E-state index in [0.717, 1.165) is 34.4 Å². The molecule has 3 aromatic carbocycles. The minimum atomic E-state index is -1.38. The van der Waals surface area contributed by atoms with Crippen molar-refractivity contribution < 1.29 is 32.6 Å². The highest BCUT2D eigenvalue weighted by Gasteiger charge is 2.40. The van der Waals surface area contributed by atoms with Gasteiger partial charge in [-0.3, -0.25) is 4.79 Å². The van der Waals surface area contributed by atoms with Gasteiger partial charge in [-0.25, -0.2) is 18.4 Å². The predicted molar refractivity (Wildman–Crippen MR) is 153 cm³/mol. The maximum absolute atomic E-state index is 14.6. The van der Waals surface area contributed by atoms with E-state index in [9.17, 15) is 23.2 Å². The molecule has 1 saturated heterocycles. The smallest absolute Gasteiger partial charge is 0.407 e. The zero-order valence-corrected chi connectivity index (χ0v) is 23.9. The fourth-order valence-corrected chi connectivity index (χ4v) is 5.76. The van der Waals surface area contributed by atoms with Crippen LogP contribution in [-0.2, 0) is 25.5 Å². The molecule has 0 bridgehead atoms. The molecule has 2 amide bonds. The number of hydrogen-bond acceptors (Lipinski definition) is 5. The number of benzene rings is 3. The zero-order chi connectivity index (χ0) is 30.0. The third-order valence-corrected chi connectivity index (χ3v) is 7.62. The standard InChI is InChI=1S/C33H34F2N2O5/c1-33(2,3)42-31(39)29-16-9-17-37(29)30(38)28(18-24-26(34)14-8-15-27(24)35)36-32(40)41-19-25-22-12-6-4-10-20(22)21-11-5-7-13-23(21)25/h4-8,10-15,25,28-29H,9,16-19H2,1-3H3,(H,36,40)/t28-,29-/m0/s1. The fraction of sp³-hybridized carbons (Fsp3) is 0.364. The molecule has 7 nitrogen and oxygen atoms in total. The summed E-state index contributed by atoms with van der Waals surface area (Å²) in [6.07, 6.45) is -0.438. The van der Waals surface area contributed by atoms with E-state index in [1.165, 1.54) is 11.0 Å². The summed E-state index contributed by atoms with van der Waals surface area (Å²) in [5.41, 5.74) is 3.06. The number of alkyl carbamates (subject to hydrolysis) is 1. The average Bonchev–Trinajstić information content (AvgIpc) is 3.56. The molecule has 0 radical (unpaired) electrons. The number of carbonyl (C=O) groups is 3. The van der Waals surface area contributed by atoms with Crippen LogP contribution in [0.25, 0.3) is 11.1 Å². The maximum atomic E-state index is 14.6. The van der Waals surface area contributed by atoms with Crippen molar-refractivity contribution in [3.8, 4) is 11.1 Å². The van der Waals surface area contributed by atoms with Gasteiger partial charge in [-0.15, -0.1) is 0 Å². The van der Waals surface area contributed by atoms with Gasteiger partial charge in [-0.2, -0.15) is 0 Å². The first kappa shape index (κ1) is 29.2. The van der Waals surface area contributed by atoms with Crippen molar-refractivity contribution in [3.05, 3.63) is 95.1 Å². The Morgan fingerprint density at radius 3 is 2.12 bits per heavy atom. The van der Waals surface area contributed by atoms with Crippen LogP contribution in [-0.4, -0.2) is 53.7 Å². The van der Waals surface area contributed by atoms with Gasteiger partial charge in [0.1, 0.15) is 35.9 Å². The van der Waals surface area contributed by atoms with Gasteiger partial charge in [-0.05, 0) is 68.0 Å². The third-order valence-electron chi connectivity index (χ3n) is 7.62. The monoisotopic (exact) mass is 576 g/mol. The fourth-order valence-electron chi connectivity index (χ4n) is 5.76. The minimum absolute atomic E-state index is 0.000915. The van der Waals surface area contributed by atoms with E-state index in [1.54, 1.807) is 20.8 Å². The van der Waals surface area contributed by atoms with Crippen molar-refractivity contribution in [3.63, 3.8) is 0 Å². The van der Waals surface area contributed by atoms with Crippen molar-refractivity contribution in [2.75, 3.05) is 13.2 Å². The summed E-state index contributed by atoms with van der Waals surface area (Å²) in [5, 5.41) is 2.54. The summed E-state index contributed by atoms with van der Waals surface area (Å²) in [4.78, 5) is 41.1. The molecule has 1 aliphatic heterocycles. The van der Waals surface area contributed by atoms with Gasteiger partial charge in [0.2, 0.25) is 5.91 Å². The Labute approximate surface area is 243 Å². The normalized spacial score (nSPS) is 16.9. The van der Waals surface area contributed by atoms with Gasteiger partial charge in [0.15, 0.2) is 0 Å². The van der Waals surface area contributed by atoms with Crippen LogP contribution in [0.4, 0.5) is 13.6 Å². The molecule has 0 spiro atoms. The Hall–Kier alpha value is -4.27. The zero-order valence-electron chi connectivity index (χ0n) is 23.9. The Bertz CT molecular complexity index is 1440. The van der Waals surface area contributed by atoms with Crippen LogP contribution >= 0.6 is 0 Å². The second-order valence-electron chi connectivity index (χ2n) is 11.6. The number of amides is 2. The van der Waals surface area contributed by atoms with Crippen LogP contribution in [0.1, 0.15) is 56.2 Å². The number of nitrogens with one attached hydrogen (secondary N) is 1. The number of likely N-dealkylation sites (tertiary alicyclic amines) is 1. The predicted octanol–water partition coefficient (Wildman–Crippen LogP) is 5.75. The number of nitrogens with zero attached hydrogens (tertiary/aromatic N) is 1. The first-order valence-corrected chi connectivity index (χ1v) is 14.1. The highest BCUT2D eigenvalue weighted by Crippen LogP contribution is 2.44. The molecule has 5 rings (SSSR count). The lowest BCUT2D eigenvalue weighted by Crippen LogP contribution is -2.53. The molecule has 9 heteroatoms. The number of hydrogen-bond donors (Lipinski definition) is 1. The molecule has 3 aromatic rings. The van der Waals surface area contributed by atoms with Crippen molar-refractivity contribution >= 4 is 18.0 Å². The van der Waals surface area contributed by atoms with Crippen LogP contribution in [0.3, 0.4) is 0 Å². The van der Waals surface area contributed by atoms with Crippen LogP contribution in [0.15, 0.2) is 66.7 Å². The van der Waals surface area contributed by atoms with Crippen molar-refractivity contribution in [1.82, 2.24) is 10.2 Å². The lowest BCUT2D eigenvalue weighted by molar-refractivity contribution is -0.163. The van der Waals surface area contributed by atoms with E-state index in [4.69, 9.17) is 9.47 Å². The van der Waals surface area contributed by atoms with Crippen molar-refractivity contribution in [2.45, 2.75) is 63.6 Å². The number of carbonyl (C=O) groups excluding carboxylic acids is 3. The van der Waals surface area contributed by atoms with Crippen LogP contribution in [0.5, 0.6) is 0 Å². The van der Waals surface area contributed by atoms with Gasteiger partial charge >= 0.3 is 12.1 Å². The Kier molecular flexibility index (Phi) is 8.29. The SMILES string of the molecule is CC(C)(C)OC(=O)[C@@H]1CCCN1C(=O)[C@H](Cc1c(F)cccc1F)NC(=O)OCC1c2ccccc2-c2ccccc21. The highest BCUT2D eigenvalue weighted by atomic mass is 19.1. The number of rotatable bonds is 7. The van der Waals surface area contributed by atoms with E-state index in [2.05, 4.69) is 5.32 Å². The molecule has 0 saturated carbocycles. The molecular formula is C33H34F2N2O5. The lowest BCUT2D eigenvalue weighted by atomic mass is 9.98. The van der Waals surface area contributed by atoms with E-state index < -0.39 is 53.7 Å². The first-order chi connectivity index (χ1) is 20.0. The summed E-state index contributed by atoms with van der Waals surface area (Å²) >= 11 is 0. The molecule has 1 fully saturated rings. The van der Waals surface area contributed by atoms with Gasteiger partial charge < -0.3 is 19.7 Å². The minimum Gasteiger partial charge on any atom is -0.458 e. The second-order valence-corrected chi connectivity index (χ2v) is 11.6. The largest absolute Gasteiger partial charge is 0.458 e. The summed E-state index contributed by atoms with van der Waals surface area (Å²) in [6, 6.07) is 16.9. The van der Waals surface area contributed by atoms with Crippen molar-refractivity contribution in [2.24, 2.45) is 0 Å². The molecule has 1 N–H and O–H groups in total. The van der Waals surface area contributed by atoms with Gasteiger partial charge in [0, 0.05) is 24.4 Å². The van der Waals surface area contributed by atoms with Crippen molar-refractivity contribution in [1.29, 1.82) is 0 Å². The maximum Gasteiger partial charge on any atom is 0.407 e. The van der Waals surface area contributed by atoms with E-state index in [1.807, 2.05) is 48.5 Å². The third kappa shape index (κ3) is 6.15. The van der Waals surface area contributed by atoms with Gasteiger partial charge in [0.25, 0.3) is 0 Å².